The predicted octanol–water partition coefficient (Wildman–Crippen LogP) is 0.566. The molecule has 130 valence electrons. The summed E-state index contributed by atoms with van der Waals surface area (Å²) in [5.74, 6) is -2.40. The first-order chi connectivity index (χ1) is 11.3. The van der Waals surface area contributed by atoms with Gasteiger partial charge in [0.15, 0.2) is 0 Å². The van der Waals surface area contributed by atoms with Crippen molar-refractivity contribution in [2.45, 2.75) is 33.6 Å². The lowest BCUT2D eigenvalue weighted by Gasteiger charge is -2.15. The smallest absolute Gasteiger partial charge is 0.321 e. The van der Waals surface area contributed by atoms with E-state index in [4.69, 9.17) is 0 Å². The fourth-order valence-electron chi connectivity index (χ4n) is 2.48. The Kier molecular flexibility index (Phi) is 5.01. The van der Waals surface area contributed by atoms with Gasteiger partial charge in [-0.3, -0.25) is 24.0 Å². The van der Waals surface area contributed by atoms with E-state index in [1.807, 2.05) is 6.92 Å². The van der Waals surface area contributed by atoms with E-state index < -0.39 is 30.3 Å². The molecule has 5 amide bonds. The van der Waals surface area contributed by atoms with Gasteiger partial charge in [-0.25, -0.2) is 9.69 Å². The average molecular weight is 335 g/mol. The Bertz CT molecular complexity index is 709. The molecule has 0 aromatic carbocycles. The van der Waals surface area contributed by atoms with Crippen molar-refractivity contribution in [2.75, 3.05) is 18.4 Å². The molecule has 1 aliphatic heterocycles. The van der Waals surface area contributed by atoms with Crippen molar-refractivity contribution in [2.24, 2.45) is 7.05 Å². The first-order valence-electron chi connectivity index (χ1n) is 7.75. The summed E-state index contributed by atoms with van der Waals surface area (Å²) in [6.45, 7) is 5.12. The molecule has 1 fully saturated rings. The van der Waals surface area contributed by atoms with Crippen molar-refractivity contribution in [1.29, 1.82) is 0 Å². The van der Waals surface area contributed by atoms with E-state index in [1.165, 1.54) is 0 Å². The topological polar surface area (TPSA) is 105 Å². The molecule has 1 saturated heterocycles. The van der Waals surface area contributed by atoms with Crippen LogP contribution in [0, 0.1) is 13.8 Å². The number of hydrogen-bond donors (Lipinski definition) is 1. The van der Waals surface area contributed by atoms with Gasteiger partial charge in [0.2, 0.25) is 5.91 Å². The number of rotatable bonds is 6. The maximum atomic E-state index is 12.2. The third-order valence-corrected chi connectivity index (χ3v) is 3.95. The lowest BCUT2D eigenvalue weighted by molar-refractivity contribution is -0.143. The molecule has 9 heteroatoms. The quantitative estimate of drug-likeness (QED) is 0.604. The summed E-state index contributed by atoms with van der Waals surface area (Å²) in [7, 11) is 1.75. The Morgan fingerprint density at radius 2 is 1.75 bits per heavy atom. The van der Waals surface area contributed by atoms with Crippen LogP contribution in [0.25, 0.3) is 0 Å². The monoisotopic (exact) mass is 335 g/mol. The number of aromatic nitrogens is 2. The van der Waals surface area contributed by atoms with Crippen molar-refractivity contribution in [3.63, 3.8) is 0 Å². The molecule has 1 N–H and O–H groups in total. The van der Waals surface area contributed by atoms with Gasteiger partial charge < -0.3 is 5.32 Å². The largest absolute Gasteiger partial charge is 0.334 e. The maximum Gasteiger partial charge on any atom is 0.334 e. The van der Waals surface area contributed by atoms with Gasteiger partial charge in [0, 0.05) is 13.6 Å². The SMILES string of the molecule is CCCCN1C(=O)C(=O)N(CC(=O)Nc2c(C)nn(C)c2C)C1=O. The van der Waals surface area contributed by atoms with Crippen LogP contribution in [0.3, 0.4) is 0 Å². The molecular weight excluding hydrogens is 314 g/mol. The summed E-state index contributed by atoms with van der Waals surface area (Å²) in [6.07, 6.45) is 1.39. The molecule has 1 aliphatic rings. The summed E-state index contributed by atoms with van der Waals surface area (Å²) in [5, 5.41) is 6.82. The molecule has 0 aliphatic carbocycles. The standard InChI is InChI=1S/C15H21N5O4/c1-5-6-7-19-13(22)14(23)20(15(19)24)8-11(21)16-12-9(2)17-18(4)10(12)3/h5-8H2,1-4H3,(H,16,21). The molecule has 24 heavy (non-hydrogen) atoms. The van der Waals surface area contributed by atoms with Crippen LogP contribution >= 0.6 is 0 Å². The first-order valence-corrected chi connectivity index (χ1v) is 7.75. The number of amides is 5. The number of imide groups is 2. The summed E-state index contributed by atoms with van der Waals surface area (Å²) < 4.78 is 1.62. The van der Waals surface area contributed by atoms with Crippen molar-refractivity contribution < 1.29 is 19.2 Å². The Balaban J connectivity index is 2.07. The van der Waals surface area contributed by atoms with Gasteiger partial charge in [-0.15, -0.1) is 0 Å². The molecule has 0 unspecified atom stereocenters. The van der Waals surface area contributed by atoms with E-state index in [1.54, 1.807) is 25.6 Å². The number of hydrogen-bond acceptors (Lipinski definition) is 5. The molecule has 1 aromatic rings. The number of nitrogens with one attached hydrogen (secondary N) is 1. The second kappa shape index (κ2) is 6.81. The number of anilines is 1. The Morgan fingerprint density at radius 3 is 2.29 bits per heavy atom. The highest BCUT2D eigenvalue weighted by Crippen LogP contribution is 2.19. The van der Waals surface area contributed by atoms with Crippen LogP contribution in [0.15, 0.2) is 0 Å². The highest BCUT2D eigenvalue weighted by molar-refractivity contribution is 6.45. The van der Waals surface area contributed by atoms with Crippen LogP contribution < -0.4 is 5.32 Å². The van der Waals surface area contributed by atoms with Gasteiger partial charge in [-0.1, -0.05) is 13.3 Å². The summed E-state index contributed by atoms with van der Waals surface area (Å²) in [5.41, 5.74) is 1.92. The molecule has 0 spiro atoms. The van der Waals surface area contributed by atoms with Crippen molar-refractivity contribution >= 4 is 29.4 Å². The van der Waals surface area contributed by atoms with Crippen LogP contribution in [0.4, 0.5) is 10.5 Å². The molecule has 0 saturated carbocycles. The number of aryl methyl sites for hydroxylation is 2. The van der Waals surface area contributed by atoms with Crippen molar-refractivity contribution in [3.8, 4) is 0 Å². The van der Waals surface area contributed by atoms with E-state index in [0.717, 1.165) is 17.0 Å². The fraction of sp³-hybridized carbons (Fsp3) is 0.533. The number of carbonyl (C=O) groups excluding carboxylic acids is 4. The third-order valence-electron chi connectivity index (χ3n) is 3.95. The predicted molar refractivity (Wildman–Crippen MR) is 85.0 cm³/mol. The van der Waals surface area contributed by atoms with Gasteiger partial charge >= 0.3 is 17.8 Å². The molecule has 2 rings (SSSR count). The van der Waals surface area contributed by atoms with E-state index >= 15 is 0 Å². The van der Waals surface area contributed by atoms with Crippen LogP contribution in [0.2, 0.25) is 0 Å². The van der Waals surface area contributed by atoms with Gasteiger partial charge in [0.1, 0.15) is 6.54 Å². The van der Waals surface area contributed by atoms with Crippen molar-refractivity contribution in [3.05, 3.63) is 11.4 Å². The van der Waals surface area contributed by atoms with E-state index in [2.05, 4.69) is 10.4 Å². The van der Waals surface area contributed by atoms with Gasteiger partial charge in [0.25, 0.3) is 0 Å². The molecule has 0 atom stereocenters. The lowest BCUT2D eigenvalue weighted by Crippen LogP contribution is -2.39. The van der Waals surface area contributed by atoms with Crippen LogP contribution in [0.5, 0.6) is 0 Å². The van der Waals surface area contributed by atoms with E-state index in [9.17, 15) is 19.2 Å². The Labute approximate surface area is 139 Å². The van der Waals surface area contributed by atoms with Crippen LogP contribution in [-0.4, -0.2) is 56.4 Å². The maximum absolute atomic E-state index is 12.2. The van der Waals surface area contributed by atoms with Crippen molar-refractivity contribution in [1.82, 2.24) is 19.6 Å². The van der Waals surface area contributed by atoms with E-state index in [0.29, 0.717) is 22.7 Å². The second-order valence-electron chi connectivity index (χ2n) is 5.70. The van der Waals surface area contributed by atoms with Gasteiger partial charge in [-0.2, -0.15) is 5.10 Å². The lowest BCUT2D eigenvalue weighted by atomic mass is 10.3. The first kappa shape index (κ1) is 17.6. The number of carbonyl (C=O) groups is 4. The number of urea groups is 1. The molecule has 1 aromatic heterocycles. The summed E-state index contributed by atoms with van der Waals surface area (Å²) in [4.78, 5) is 49.7. The molecule has 0 radical (unpaired) electrons. The van der Waals surface area contributed by atoms with E-state index in [-0.39, 0.29) is 6.54 Å². The molecule has 0 bridgehead atoms. The zero-order chi connectivity index (χ0) is 18.0. The minimum atomic E-state index is -0.967. The minimum absolute atomic E-state index is 0.179. The zero-order valence-corrected chi connectivity index (χ0v) is 14.3. The third kappa shape index (κ3) is 3.15. The second-order valence-corrected chi connectivity index (χ2v) is 5.70. The Hall–Kier alpha value is -2.71. The molecular formula is C15H21N5O4. The summed E-state index contributed by atoms with van der Waals surface area (Å²) in [6, 6.07) is -0.742. The average Bonchev–Trinajstić information content (AvgIpc) is 2.88. The molecule has 2 heterocycles. The fourth-order valence-corrected chi connectivity index (χ4v) is 2.48. The van der Waals surface area contributed by atoms with Crippen LogP contribution in [-0.2, 0) is 21.4 Å². The highest BCUT2D eigenvalue weighted by atomic mass is 16.2. The minimum Gasteiger partial charge on any atom is -0.321 e. The molecule has 9 nitrogen and oxygen atoms in total. The van der Waals surface area contributed by atoms with Gasteiger partial charge in [-0.05, 0) is 20.3 Å². The zero-order valence-electron chi connectivity index (χ0n) is 14.3. The number of nitrogens with zero attached hydrogens (tertiary/aromatic N) is 4. The van der Waals surface area contributed by atoms with Gasteiger partial charge in [0.05, 0.1) is 17.1 Å². The normalized spacial score (nSPS) is 14.8. The number of unbranched alkanes of at least 4 members (excludes halogenated alkanes) is 1. The Morgan fingerprint density at radius 1 is 1.12 bits per heavy atom. The summed E-state index contributed by atoms with van der Waals surface area (Å²) >= 11 is 0. The highest BCUT2D eigenvalue weighted by Gasteiger charge is 2.44. The van der Waals surface area contributed by atoms with Crippen LogP contribution in [0.1, 0.15) is 31.2 Å².